The molecule has 0 radical (unpaired) electrons. The molecule has 0 atom stereocenters. The molecule has 0 fully saturated rings. The third-order valence-corrected chi connectivity index (χ3v) is 4.21. The smallest absolute Gasteiger partial charge is 0.410 e. The highest BCUT2D eigenvalue weighted by molar-refractivity contribution is 5.67. The van der Waals surface area contributed by atoms with Gasteiger partial charge in [-0.15, -0.1) is 0 Å². The number of carbonyl (C=O) groups excluding carboxylic acids is 1. The second kappa shape index (κ2) is 10.7. The molecule has 28 heavy (non-hydrogen) atoms. The van der Waals surface area contributed by atoms with Gasteiger partial charge in [-0.25, -0.2) is 4.79 Å². The van der Waals surface area contributed by atoms with E-state index >= 15 is 0 Å². The zero-order valence-corrected chi connectivity index (χ0v) is 17.4. The molecule has 0 unspecified atom stereocenters. The lowest BCUT2D eigenvalue weighted by Gasteiger charge is -2.21. The van der Waals surface area contributed by atoms with Crippen molar-refractivity contribution in [3.63, 3.8) is 0 Å². The van der Waals surface area contributed by atoms with E-state index in [2.05, 4.69) is 32.2 Å². The van der Waals surface area contributed by atoms with E-state index in [1.165, 1.54) is 5.56 Å². The van der Waals surface area contributed by atoms with Crippen molar-refractivity contribution in [1.82, 2.24) is 10.2 Å². The van der Waals surface area contributed by atoms with Crippen LogP contribution in [0.2, 0.25) is 0 Å². The number of hydrogen-bond donors (Lipinski definition) is 1. The Morgan fingerprint density at radius 1 is 1.04 bits per heavy atom. The van der Waals surface area contributed by atoms with Crippen LogP contribution in [0.1, 0.15) is 32.8 Å². The summed E-state index contributed by atoms with van der Waals surface area (Å²) in [7, 11) is 1.74. The van der Waals surface area contributed by atoms with E-state index in [4.69, 9.17) is 9.47 Å². The molecule has 1 amide bonds. The minimum absolute atomic E-state index is 0.163. The van der Waals surface area contributed by atoms with Crippen LogP contribution in [-0.4, -0.2) is 37.9 Å². The van der Waals surface area contributed by atoms with Crippen molar-refractivity contribution in [3.05, 3.63) is 60.2 Å². The molecule has 0 aliphatic carbocycles. The summed E-state index contributed by atoms with van der Waals surface area (Å²) in [6.07, 6.45) is 1.40. The Kier molecular flexibility index (Phi) is 8.33. The van der Waals surface area contributed by atoms with Crippen molar-refractivity contribution >= 4 is 6.09 Å². The Morgan fingerprint density at radius 3 is 2.46 bits per heavy atom. The summed E-state index contributed by atoms with van der Waals surface area (Å²) in [5.74, 6) is 1.65. The standard InChI is InChI=1S/C23H32N2O3/c1-23(2,3)14-16-27-22(26)25(4)18-24-15-13-19-9-8-12-21(17-19)28-20-10-6-5-7-11-20/h5-12,17,24H,13-16,18H2,1-4H3. The largest absolute Gasteiger partial charge is 0.457 e. The Bertz CT molecular complexity index is 726. The first kappa shape index (κ1) is 21.8. The van der Waals surface area contributed by atoms with Gasteiger partial charge >= 0.3 is 6.09 Å². The average Bonchev–Trinajstić information content (AvgIpc) is 2.65. The lowest BCUT2D eigenvalue weighted by Crippen LogP contribution is -2.37. The molecule has 5 heteroatoms. The zero-order valence-electron chi connectivity index (χ0n) is 17.4. The highest BCUT2D eigenvalue weighted by Gasteiger charge is 2.13. The van der Waals surface area contributed by atoms with Gasteiger partial charge in [-0.2, -0.15) is 0 Å². The predicted molar refractivity (Wildman–Crippen MR) is 113 cm³/mol. The number of ether oxygens (including phenoxy) is 2. The second-order valence-electron chi connectivity index (χ2n) is 8.09. The molecule has 2 aromatic carbocycles. The van der Waals surface area contributed by atoms with Gasteiger partial charge in [0.05, 0.1) is 13.3 Å². The monoisotopic (exact) mass is 384 g/mol. The van der Waals surface area contributed by atoms with E-state index < -0.39 is 0 Å². The minimum Gasteiger partial charge on any atom is -0.457 e. The van der Waals surface area contributed by atoms with Crippen molar-refractivity contribution in [2.45, 2.75) is 33.6 Å². The van der Waals surface area contributed by atoms with Crippen molar-refractivity contribution < 1.29 is 14.3 Å². The summed E-state index contributed by atoms with van der Waals surface area (Å²) in [6, 6.07) is 17.8. The van der Waals surface area contributed by atoms with Crippen molar-refractivity contribution in [2.24, 2.45) is 5.41 Å². The highest BCUT2D eigenvalue weighted by atomic mass is 16.6. The third kappa shape index (κ3) is 8.44. The number of para-hydroxylation sites is 1. The first-order valence-corrected chi connectivity index (χ1v) is 9.74. The first-order valence-electron chi connectivity index (χ1n) is 9.74. The maximum absolute atomic E-state index is 12.0. The topological polar surface area (TPSA) is 50.8 Å². The van der Waals surface area contributed by atoms with E-state index in [1.807, 2.05) is 48.5 Å². The highest BCUT2D eigenvalue weighted by Crippen LogP contribution is 2.22. The number of benzene rings is 2. The molecule has 5 nitrogen and oxygen atoms in total. The Morgan fingerprint density at radius 2 is 1.75 bits per heavy atom. The molecule has 2 rings (SSSR count). The van der Waals surface area contributed by atoms with Gasteiger partial charge in [0.1, 0.15) is 11.5 Å². The van der Waals surface area contributed by atoms with Gasteiger partial charge in [0.25, 0.3) is 0 Å². The van der Waals surface area contributed by atoms with Crippen molar-refractivity contribution in [1.29, 1.82) is 0 Å². The van der Waals surface area contributed by atoms with Gasteiger partial charge in [-0.05, 0) is 48.1 Å². The normalized spacial score (nSPS) is 11.1. The summed E-state index contributed by atoms with van der Waals surface area (Å²) < 4.78 is 11.2. The maximum Gasteiger partial charge on any atom is 0.410 e. The van der Waals surface area contributed by atoms with Crippen LogP contribution in [0.15, 0.2) is 54.6 Å². The van der Waals surface area contributed by atoms with E-state index in [0.29, 0.717) is 13.3 Å². The van der Waals surface area contributed by atoms with Gasteiger partial charge < -0.3 is 9.47 Å². The molecular weight excluding hydrogens is 352 g/mol. The summed E-state index contributed by atoms with van der Waals surface area (Å²) in [5, 5.41) is 3.27. The van der Waals surface area contributed by atoms with Crippen LogP contribution in [0.3, 0.4) is 0 Å². The number of hydrogen-bond acceptors (Lipinski definition) is 4. The zero-order chi connectivity index (χ0) is 20.4. The van der Waals surface area contributed by atoms with Crippen LogP contribution in [-0.2, 0) is 11.2 Å². The fourth-order valence-electron chi connectivity index (χ4n) is 2.49. The average molecular weight is 385 g/mol. The van der Waals surface area contributed by atoms with E-state index in [0.717, 1.165) is 30.9 Å². The number of nitrogens with one attached hydrogen (secondary N) is 1. The second-order valence-corrected chi connectivity index (χ2v) is 8.09. The van der Waals surface area contributed by atoms with Crippen molar-refractivity contribution in [2.75, 3.05) is 26.9 Å². The molecule has 0 saturated carbocycles. The van der Waals surface area contributed by atoms with Crippen LogP contribution >= 0.6 is 0 Å². The summed E-state index contributed by atoms with van der Waals surface area (Å²) in [5.41, 5.74) is 1.34. The van der Waals surface area contributed by atoms with Gasteiger partial charge in [0, 0.05) is 13.6 Å². The SMILES string of the molecule is CN(CNCCc1cccc(Oc2ccccc2)c1)C(=O)OCCC(C)(C)C. The maximum atomic E-state index is 12.0. The van der Waals surface area contributed by atoms with Crippen LogP contribution in [0.4, 0.5) is 4.79 Å². The van der Waals surface area contributed by atoms with Crippen LogP contribution < -0.4 is 10.1 Å². The summed E-state index contributed by atoms with van der Waals surface area (Å²) in [4.78, 5) is 13.5. The molecule has 0 spiro atoms. The minimum atomic E-state index is -0.296. The molecule has 0 heterocycles. The quantitative estimate of drug-likeness (QED) is 0.484. The van der Waals surface area contributed by atoms with Crippen LogP contribution in [0.25, 0.3) is 0 Å². The third-order valence-electron chi connectivity index (χ3n) is 4.21. The van der Waals surface area contributed by atoms with Gasteiger partial charge in [0.15, 0.2) is 0 Å². The fraction of sp³-hybridized carbons (Fsp3) is 0.435. The molecule has 152 valence electrons. The number of carbonyl (C=O) groups is 1. The molecule has 0 saturated heterocycles. The first-order chi connectivity index (χ1) is 13.3. The van der Waals surface area contributed by atoms with Crippen LogP contribution in [0, 0.1) is 5.41 Å². The van der Waals surface area contributed by atoms with E-state index in [1.54, 1.807) is 11.9 Å². The van der Waals surface area contributed by atoms with Crippen LogP contribution in [0.5, 0.6) is 11.5 Å². The fourth-order valence-corrected chi connectivity index (χ4v) is 2.49. The molecular formula is C23H32N2O3. The predicted octanol–water partition coefficient (Wildman–Crippen LogP) is 5.07. The molecule has 0 bridgehead atoms. The van der Waals surface area contributed by atoms with E-state index in [9.17, 15) is 4.79 Å². The summed E-state index contributed by atoms with van der Waals surface area (Å²) >= 11 is 0. The molecule has 1 N–H and O–H groups in total. The lowest BCUT2D eigenvalue weighted by atomic mass is 9.93. The van der Waals surface area contributed by atoms with Gasteiger partial charge in [0.2, 0.25) is 0 Å². The molecule has 0 aliphatic rings. The lowest BCUT2D eigenvalue weighted by molar-refractivity contribution is 0.0975. The molecule has 2 aromatic rings. The Balaban J connectivity index is 1.69. The molecule has 0 aromatic heterocycles. The number of amides is 1. The molecule has 0 aliphatic heterocycles. The number of nitrogens with zero attached hydrogens (tertiary/aromatic N) is 1. The Labute approximate surface area is 168 Å². The Hall–Kier alpha value is -2.53. The van der Waals surface area contributed by atoms with Gasteiger partial charge in [-0.3, -0.25) is 10.2 Å². The number of rotatable bonds is 9. The van der Waals surface area contributed by atoms with Crippen molar-refractivity contribution in [3.8, 4) is 11.5 Å². The van der Waals surface area contributed by atoms with E-state index in [-0.39, 0.29) is 11.5 Å². The summed E-state index contributed by atoms with van der Waals surface area (Å²) in [6.45, 7) is 8.05. The van der Waals surface area contributed by atoms with Gasteiger partial charge in [-0.1, -0.05) is 51.1 Å².